The molecule has 0 fully saturated rings. The number of pyridine rings is 1. The van der Waals surface area contributed by atoms with Crippen LogP contribution in [0.1, 0.15) is 17.2 Å². The lowest BCUT2D eigenvalue weighted by Crippen LogP contribution is -2.16. The Morgan fingerprint density at radius 3 is 2.65 bits per heavy atom. The number of nitrogens with one attached hydrogen (secondary N) is 1. The normalized spacial score (nSPS) is 11.9. The molecular weight excluding hydrogens is 258 g/mol. The van der Waals surface area contributed by atoms with E-state index < -0.39 is 4.92 Å². The zero-order valence-corrected chi connectivity index (χ0v) is 11.0. The molecule has 0 aliphatic heterocycles. The highest BCUT2D eigenvalue weighted by molar-refractivity contribution is 5.49. The third kappa shape index (κ3) is 3.10. The molecule has 0 saturated carbocycles. The number of nitro groups is 1. The Morgan fingerprint density at radius 1 is 1.40 bits per heavy atom. The minimum absolute atomic E-state index is 0.0479. The van der Waals surface area contributed by atoms with Gasteiger partial charge < -0.3 is 10.4 Å². The lowest BCUT2D eigenvalue weighted by Gasteiger charge is -2.18. The zero-order valence-electron chi connectivity index (χ0n) is 11.0. The van der Waals surface area contributed by atoms with E-state index in [0.29, 0.717) is 11.4 Å². The molecule has 2 N–H and O–H groups in total. The lowest BCUT2D eigenvalue weighted by molar-refractivity contribution is -0.385. The van der Waals surface area contributed by atoms with Crippen LogP contribution in [-0.4, -0.2) is 21.6 Å². The summed E-state index contributed by atoms with van der Waals surface area (Å²) in [6.07, 6.45) is 1.20. The van der Waals surface area contributed by atoms with Crippen molar-refractivity contribution in [1.82, 2.24) is 4.98 Å². The van der Waals surface area contributed by atoms with Crippen molar-refractivity contribution in [2.45, 2.75) is 13.0 Å². The highest BCUT2D eigenvalue weighted by Crippen LogP contribution is 2.22. The number of aliphatic hydroxyl groups is 1. The fourth-order valence-electron chi connectivity index (χ4n) is 1.90. The first-order valence-electron chi connectivity index (χ1n) is 6.15. The summed E-state index contributed by atoms with van der Waals surface area (Å²) in [5.41, 5.74) is 1.54. The van der Waals surface area contributed by atoms with Crippen molar-refractivity contribution < 1.29 is 10.0 Å². The van der Waals surface area contributed by atoms with E-state index in [-0.39, 0.29) is 18.3 Å². The molecule has 1 aromatic heterocycles. The van der Waals surface area contributed by atoms with Gasteiger partial charge in [-0.05, 0) is 18.1 Å². The van der Waals surface area contributed by atoms with Gasteiger partial charge in [0.05, 0.1) is 17.6 Å². The van der Waals surface area contributed by atoms with Gasteiger partial charge in [-0.3, -0.25) is 10.1 Å². The van der Waals surface area contributed by atoms with Crippen molar-refractivity contribution >= 4 is 11.5 Å². The molecule has 0 radical (unpaired) electrons. The molecule has 2 rings (SSSR count). The van der Waals surface area contributed by atoms with Crippen LogP contribution in [0.3, 0.4) is 0 Å². The van der Waals surface area contributed by atoms with Gasteiger partial charge in [0.1, 0.15) is 12.0 Å². The van der Waals surface area contributed by atoms with E-state index in [0.717, 1.165) is 5.56 Å². The van der Waals surface area contributed by atoms with Gasteiger partial charge >= 0.3 is 0 Å². The predicted molar refractivity (Wildman–Crippen MR) is 75.5 cm³/mol. The van der Waals surface area contributed by atoms with E-state index in [4.69, 9.17) is 0 Å². The van der Waals surface area contributed by atoms with E-state index in [2.05, 4.69) is 10.3 Å². The summed E-state index contributed by atoms with van der Waals surface area (Å²) < 4.78 is 0. The fraction of sp³-hybridized carbons (Fsp3) is 0.214. The molecule has 1 atom stereocenters. The molecule has 0 amide bonds. The van der Waals surface area contributed by atoms with Gasteiger partial charge in [0, 0.05) is 6.07 Å². The second-order valence-corrected chi connectivity index (χ2v) is 4.41. The second-order valence-electron chi connectivity index (χ2n) is 4.41. The summed E-state index contributed by atoms with van der Waals surface area (Å²) in [5, 5.41) is 23.2. The zero-order chi connectivity index (χ0) is 14.5. The topological polar surface area (TPSA) is 88.3 Å². The smallest absolute Gasteiger partial charge is 0.287 e. The molecule has 0 aliphatic rings. The van der Waals surface area contributed by atoms with Crippen LogP contribution in [0, 0.1) is 17.0 Å². The molecule has 1 unspecified atom stereocenters. The number of rotatable bonds is 5. The first kappa shape index (κ1) is 14.0. The number of anilines is 1. The Labute approximate surface area is 116 Å². The fourth-order valence-corrected chi connectivity index (χ4v) is 1.90. The third-order valence-electron chi connectivity index (χ3n) is 2.97. The van der Waals surface area contributed by atoms with E-state index in [9.17, 15) is 15.2 Å². The maximum absolute atomic E-state index is 10.7. The van der Waals surface area contributed by atoms with E-state index in [1.54, 1.807) is 6.92 Å². The maximum atomic E-state index is 10.7. The number of hydrogen-bond donors (Lipinski definition) is 2. The summed E-state index contributed by atoms with van der Waals surface area (Å²) in [6, 6.07) is 10.6. The summed E-state index contributed by atoms with van der Waals surface area (Å²) >= 11 is 0. The van der Waals surface area contributed by atoms with Crippen LogP contribution in [0.15, 0.2) is 42.6 Å². The number of aryl methyl sites for hydroxylation is 1. The van der Waals surface area contributed by atoms with Crippen LogP contribution in [0.25, 0.3) is 0 Å². The highest BCUT2D eigenvalue weighted by atomic mass is 16.6. The maximum Gasteiger partial charge on any atom is 0.287 e. The van der Waals surface area contributed by atoms with Crippen molar-refractivity contribution in [2.24, 2.45) is 0 Å². The monoisotopic (exact) mass is 273 g/mol. The van der Waals surface area contributed by atoms with Crippen LogP contribution in [0.2, 0.25) is 0 Å². The highest BCUT2D eigenvalue weighted by Gasteiger charge is 2.14. The average Bonchev–Trinajstić information content (AvgIpc) is 2.46. The van der Waals surface area contributed by atoms with Crippen molar-refractivity contribution in [3.05, 3.63) is 63.8 Å². The average molecular weight is 273 g/mol. The van der Waals surface area contributed by atoms with Gasteiger partial charge in [0.25, 0.3) is 5.69 Å². The lowest BCUT2D eigenvalue weighted by atomic mass is 10.1. The number of aromatic nitrogens is 1. The van der Waals surface area contributed by atoms with Crippen molar-refractivity contribution in [1.29, 1.82) is 0 Å². The number of benzene rings is 1. The van der Waals surface area contributed by atoms with Gasteiger partial charge in [-0.2, -0.15) is 0 Å². The van der Waals surface area contributed by atoms with Crippen LogP contribution in [0.4, 0.5) is 11.5 Å². The minimum atomic E-state index is -0.482. The van der Waals surface area contributed by atoms with Crippen LogP contribution < -0.4 is 5.32 Å². The standard InChI is InChI=1S/C14H15N3O3/c1-10-7-12(17(19)20)8-15-14(10)16-13(9-18)11-5-3-2-4-6-11/h2-8,13,18H,9H2,1H3,(H,15,16). The molecular formula is C14H15N3O3. The molecule has 0 aliphatic carbocycles. The van der Waals surface area contributed by atoms with E-state index >= 15 is 0 Å². The third-order valence-corrected chi connectivity index (χ3v) is 2.97. The first-order valence-corrected chi connectivity index (χ1v) is 6.15. The summed E-state index contributed by atoms with van der Waals surface area (Å²) in [7, 11) is 0. The Hall–Kier alpha value is -2.47. The molecule has 6 nitrogen and oxygen atoms in total. The molecule has 1 aromatic carbocycles. The molecule has 2 aromatic rings. The number of hydrogen-bond acceptors (Lipinski definition) is 5. The number of aliphatic hydroxyl groups excluding tert-OH is 1. The van der Waals surface area contributed by atoms with Gasteiger partial charge in [-0.1, -0.05) is 30.3 Å². The summed E-state index contributed by atoms with van der Waals surface area (Å²) in [6.45, 7) is 1.64. The molecule has 6 heteroatoms. The van der Waals surface area contributed by atoms with Crippen molar-refractivity contribution in [2.75, 3.05) is 11.9 Å². The summed E-state index contributed by atoms with van der Waals surface area (Å²) in [4.78, 5) is 14.2. The SMILES string of the molecule is Cc1cc([N+](=O)[O-])cnc1NC(CO)c1ccccc1. The van der Waals surface area contributed by atoms with Gasteiger partial charge in [-0.25, -0.2) is 4.98 Å². The Bertz CT molecular complexity index is 602. The molecule has 1 heterocycles. The van der Waals surface area contributed by atoms with Gasteiger partial charge in [0.15, 0.2) is 0 Å². The van der Waals surface area contributed by atoms with Crippen LogP contribution in [0.5, 0.6) is 0 Å². The van der Waals surface area contributed by atoms with Gasteiger partial charge in [-0.15, -0.1) is 0 Å². The Morgan fingerprint density at radius 2 is 2.10 bits per heavy atom. The van der Waals surface area contributed by atoms with Crippen molar-refractivity contribution in [3.8, 4) is 0 Å². The van der Waals surface area contributed by atoms with E-state index in [1.807, 2.05) is 30.3 Å². The molecule has 0 bridgehead atoms. The Balaban J connectivity index is 2.22. The molecule has 0 spiro atoms. The van der Waals surface area contributed by atoms with Gasteiger partial charge in [0.2, 0.25) is 0 Å². The van der Waals surface area contributed by atoms with E-state index in [1.165, 1.54) is 12.3 Å². The first-order chi connectivity index (χ1) is 9.61. The summed E-state index contributed by atoms with van der Waals surface area (Å²) in [5.74, 6) is 0.526. The number of nitrogens with zero attached hydrogens (tertiary/aromatic N) is 2. The van der Waals surface area contributed by atoms with Crippen LogP contribution in [-0.2, 0) is 0 Å². The van der Waals surface area contributed by atoms with Crippen molar-refractivity contribution in [3.63, 3.8) is 0 Å². The largest absolute Gasteiger partial charge is 0.394 e. The molecule has 104 valence electrons. The predicted octanol–water partition coefficient (Wildman–Crippen LogP) is 2.44. The second kappa shape index (κ2) is 6.12. The molecule has 20 heavy (non-hydrogen) atoms. The quantitative estimate of drug-likeness (QED) is 0.645. The Kier molecular flexibility index (Phi) is 4.27. The minimum Gasteiger partial charge on any atom is -0.394 e. The van der Waals surface area contributed by atoms with Crippen LogP contribution >= 0.6 is 0 Å². The molecule has 0 saturated heterocycles.